The Labute approximate surface area is 251 Å². The molecule has 2 heterocycles. The number of piperidine rings is 1. The monoisotopic (exact) mass is 611 g/mol. The zero-order valence-electron chi connectivity index (χ0n) is 22.7. The number of halogens is 2. The normalized spacial score (nSPS) is 17.1. The molecule has 0 atom stereocenters. The number of amides is 1. The minimum Gasteiger partial charge on any atom is -0.325 e. The van der Waals surface area contributed by atoms with E-state index in [0.717, 1.165) is 23.1 Å². The fourth-order valence-electron chi connectivity index (χ4n) is 6.03. The number of carbonyl (C=O) groups excluding carboxylic acids is 1. The molecule has 41 heavy (non-hydrogen) atoms. The van der Waals surface area contributed by atoms with E-state index in [2.05, 4.69) is 39.2 Å². The summed E-state index contributed by atoms with van der Waals surface area (Å²) in [5.41, 5.74) is 4.89. The minimum absolute atomic E-state index is 0.134. The molecule has 0 saturated carbocycles. The van der Waals surface area contributed by atoms with Crippen LogP contribution in [0.5, 0.6) is 0 Å². The van der Waals surface area contributed by atoms with Gasteiger partial charge in [-0.3, -0.25) is 9.69 Å². The summed E-state index contributed by atoms with van der Waals surface area (Å²) >= 11 is 12.2. The van der Waals surface area contributed by atoms with E-state index >= 15 is 0 Å². The molecule has 3 aromatic carbocycles. The van der Waals surface area contributed by atoms with Gasteiger partial charge >= 0.3 is 0 Å². The highest BCUT2D eigenvalue weighted by atomic mass is 35.5. The average Bonchev–Trinajstić information content (AvgIpc) is 2.94. The quantitative estimate of drug-likeness (QED) is 0.383. The van der Waals surface area contributed by atoms with E-state index in [9.17, 15) is 18.5 Å². The van der Waals surface area contributed by atoms with E-state index < -0.39 is 15.7 Å². The van der Waals surface area contributed by atoms with Crippen LogP contribution in [0, 0.1) is 11.3 Å². The molecule has 0 aliphatic carbocycles. The van der Waals surface area contributed by atoms with Gasteiger partial charge in [-0.15, -0.1) is 0 Å². The number of hydrogen-bond donors (Lipinski definition) is 2. The first-order valence-electron chi connectivity index (χ1n) is 13.5. The topological polar surface area (TPSA) is 106 Å². The molecule has 214 valence electrons. The predicted octanol–water partition coefficient (Wildman–Crippen LogP) is 5.17. The lowest BCUT2D eigenvalue weighted by molar-refractivity contribution is -0.120. The van der Waals surface area contributed by atoms with Crippen LogP contribution >= 0.6 is 23.2 Å². The molecule has 1 fully saturated rings. The van der Waals surface area contributed by atoms with E-state index in [4.69, 9.17) is 23.2 Å². The van der Waals surface area contributed by atoms with Crippen LogP contribution in [-0.2, 0) is 27.0 Å². The highest BCUT2D eigenvalue weighted by Crippen LogP contribution is 2.45. The lowest BCUT2D eigenvalue weighted by Crippen LogP contribution is -2.59. The molecule has 5 rings (SSSR count). The van der Waals surface area contributed by atoms with Crippen molar-refractivity contribution < 1.29 is 13.2 Å². The van der Waals surface area contributed by atoms with Gasteiger partial charge in [0.15, 0.2) is 0 Å². The number of hydrogen-bond acceptors (Lipinski definition) is 5. The van der Waals surface area contributed by atoms with Gasteiger partial charge in [0.1, 0.15) is 0 Å². The Kier molecular flexibility index (Phi) is 8.71. The Morgan fingerprint density at radius 1 is 1.00 bits per heavy atom. The smallest absolute Gasteiger partial charge is 0.279 e. The second kappa shape index (κ2) is 12.1. The summed E-state index contributed by atoms with van der Waals surface area (Å²) in [5.74, 6) is -0.196. The summed E-state index contributed by atoms with van der Waals surface area (Å²) in [5, 5.41) is 13.1. The van der Waals surface area contributed by atoms with E-state index in [-0.39, 0.29) is 12.5 Å². The van der Waals surface area contributed by atoms with Crippen molar-refractivity contribution in [2.24, 2.45) is 0 Å². The molecule has 2 N–H and O–H groups in total. The number of benzene rings is 3. The molecule has 3 aromatic rings. The number of rotatable bonds is 7. The van der Waals surface area contributed by atoms with Gasteiger partial charge in [0.2, 0.25) is 5.91 Å². The van der Waals surface area contributed by atoms with Crippen LogP contribution in [0.2, 0.25) is 10.0 Å². The second-order valence-corrected chi connectivity index (χ2v) is 13.0. The summed E-state index contributed by atoms with van der Waals surface area (Å²) in [7, 11) is -3.57. The van der Waals surface area contributed by atoms with Crippen molar-refractivity contribution in [1.82, 2.24) is 13.9 Å². The van der Waals surface area contributed by atoms with Crippen LogP contribution in [0.25, 0.3) is 11.1 Å². The molecule has 0 aromatic heterocycles. The first kappa shape index (κ1) is 29.5. The van der Waals surface area contributed by atoms with Crippen molar-refractivity contribution in [2.75, 3.05) is 38.0 Å². The zero-order chi connectivity index (χ0) is 29.2. The Hall–Kier alpha value is -2.97. The van der Waals surface area contributed by atoms with Gasteiger partial charge in [-0.1, -0.05) is 60.5 Å². The molecule has 8 nitrogen and oxygen atoms in total. The van der Waals surface area contributed by atoms with Gasteiger partial charge in [-0.25, -0.2) is 4.72 Å². The average molecular weight is 613 g/mol. The van der Waals surface area contributed by atoms with Crippen LogP contribution in [0.4, 0.5) is 5.69 Å². The highest BCUT2D eigenvalue weighted by Gasteiger charge is 2.46. The second-order valence-electron chi connectivity index (χ2n) is 10.4. The summed E-state index contributed by atoms with van der Waals surface area (Å²) < 4.78 is 29.6. The summed E-state index contributed by atoms with van der Waals surface area (Å²) in [4.78, 5) is 15.5. The van der Waals surface area contributed by atoms with E-state index in [1.54, 1.807) is 31.2 Å². The van der Waals surface area contributed by atoms with E-state index in [1.165, 1.54) is 9.87 Å². The van der Waals surface area contributed by atoms with Crippen molar-refractivity contribution in [3.8, 4) is 17.2 Å². The van der Waals surface area contributed by atoms with Crippen LogP contribution in [-0.4, -0.2) is 56.3 Å². The fourth-order valence-corrected chi connectivity index (χ4v) is 7.76. The molecule has 2 aliphatic rings. The van der Waals surface area contributed by atoms with Crippen molar-refractivity contribution in [3.05, 3.63) is 87.4 Å². The van der Waals surface area contributed by atoms with E-state index in [1.807, 2.05) is 18.2 Å². The summed E-state index contributed by atoms with van der Waals surface area (Å²) in [6.07, 6.45) is 1.83. The van der Waals surface area contributed by atoms with Crippen molar-refractivity contribution in [3.63, 3.8) is 0 Å². The van der Waals surface area contributed by atoms with E-state index in [0.29, 0.717) is 60.3 Å². The molecule has 0 unspecified atom stereocenters. The Morgan fingerprint density at radius 2 is 1.71 bits per heavy atom. The number of nitrogens with one attached hydrogen (secondary N) is 2. The lowest BCUT2D eigenvalue weighted by Gasteiger charge is -2.52. The van der Waals surface area contributed by atoms with Crippen LogP contribution < -0.4 is 10.0 Å². The lowest BCUT2D eigenvalue weighted by atomic mass is 9.74. The number of anilines is 1. The van der Waals surface area contributed by atoms with Crippen LogP contribution in [0.1, 0.15) is 36.5 Å². The van der Waals surface area contributed by atoms with Gasteiger partial charge in [0.05, 0.1) is 18.2 Å². The standard InChI is InChI=1S/C30H31Cl2N5O3S/c1-2-34-41(39,40)37-12-9-30(10-13-37)28-7-6-23(22-5-3-4-21(14-22)19-33)15-24(28)8-11-36(30)20-29(38)35-27-17-25(31)16-26(32)18-27/h3-7,14-18,34H,2,8-13,20H2,1H3,(H,35,38). The van der Waals surface area contributed by atoms with Gasteiger partial charge in [-0.05, 0) is 71.8 Å². The molecule has 2 aliphatic heterocycles. The maximum absolute atomic E-state index is 13.3. The predicted molar refractivity (Wildman–Crippen MR) is 162 cm³/mol. The Balaban J connectivity index is 1.46. The minimum atomic E-state index is -3.57. The third-order valence-electron chi connectivity index (χ3n) is 7.88. The third kappa shape index (κ3) is 6.28. The zero-order valence-corrected chi connectivity index (χ0v) is 25.0. The molecule has 0 radical (unpaired) electrons. The fraction of sp³-hybridized carbons (Fsp3) is 0.333. The summed E-state index contributed by atoms with van der Waals surface area (Å²) in [6, 6.07) is 21.0. The van der Waals surface area contributed by atoms with Crippen LogP contribution in [0.3, 0.4) is 0 Å². The molecule has 0 bridgehead atoms. The van der Waals surface area contributed by atoms with Crippen molar-refractivity contribution in [1.29, 1.82) is 5.26 Å². The Morgan fingerprint density at radius 3 is 2.39 bits per heavy atom. The van der Waals surface area contributed by atoms with Crippen LogP contribution in [0.15, 0.2) is 60.7 Å². The Bertz CT molecular complexity index is 1590. The SMILES string of the molecule is CCNS(=O)(=O)N1CCC2(CC1)c1ccc(-c3cccc(C#N)c3)cc1CCN2CC(=O)Nc1cc(Cl)cc(Cl)c1. The number of carbonyl (C=O) groups is 1. The van der Waals surface area contributed by atoms with Gasteiger partial charge in [-0.2, -0.15) is 18.0 Å². The molecule has 1 amide bonds. The number of nitrogens with zero attached hydrogens (tertiary/aromatic N) is 3. The van der Waals surface area contributed by atoms with Crippen molar-refractivity contribution >= 4 is 45.0 Å². The first-order chi connectivity index (χ1) is 19.6. The largest absolute Gasteiger partial charge is 0.325 e. The maximum atomic E-state index is 13.3. The molecule has 11 heteroatoms. The molecular weight excluding hydrogens is 581 g/mol. The number of nitriles is 1. The first-order valence-corrected chi connectivity index (χ1v) is 15.7. The highest BCUT2D eigenvalue weighted by molar-refractivity contribution is 7.87. The van der Waals surface area contributed by atoms with Crippen molar-refractivity contribution in [2.45, 2.75) is 31.7 Å². The molecule has 1 spiro atoms. The summed E-state index contributed by atoms with van der Waals surface area (Å²) in [6.45, 7) is 3.53. The maximum Gasteiger partial charge on any atom is 0.279 e. The van der Waals surface area contributed by atoms with Gasteiger partial charge < -0.3 is 5.32 Å². The third-order valence-corrected chi connectivity index (χ3v) is 10.0. The van der Waals surface area contributed by atoms with Gasteiger partial charge in [0.25, 0.3) is 10.2 Å². The number of fused-ring (bicyclic) bond motifs is 2. The molecular formula is C30H31Cl2N5O3S. The molecule has 1 saturated heterocycles. The van der Waals surface area contributed by atoms with Gasteiger partial charge in [0, 0.05) is 47.5 Å².